The zero-order chi connectivity index (χ0) is 21.8. The topological polar surface area (TPSA) is 112 Å². The molecule has 0 fully saturated rings. The van der Waals surface area contributed by atoms with Gasteiger partial charge in [0, 0.05) is 31.1 Å². The minimum Gasteiger partial charge on any atom is -0.469 e. The Hall–Kier alpha value is -4.01. The summed E-state index contributed by atoms with van der Waals surface area (Å²) in [7, 11) is 0. The number of hydrogen-bond acceptors (Lipinski definition) is 6. The molecule has 158 valence electrons. The van der Waals surface area contributed by atoms with Crippen molar-refractivity contribution in [1.29, 1.82) is 0 Å². The zero-order valence-corrected chi connectivity index (χ0v) is 16.9. The number of furan rings is 1. The molecule has 0 bridgehead atoms. The predicted molar refractivity (Wildman–Crippen MR) is 114 cm³/mol. The lowest BCUT2D eigenvalue weighted by Gasteiger charge is -2.16. The van der Waals surface area contributed by atoms with E-state index in [1.807, 2.05) is 13.0 Å². The predicted octanol–water partition coefficient (Wildman–Crippen LogP) is 1.34. The van der Waals surface area contributed by atoms with E-state index in [9.17, 15) is 14.4 Å². The summed E-state index contributed by atoms with van der Waals surface area (Å²) in [4.78, 5) is 46.6. The molecule has 31 heavy (non-hydrogen) atoms. The fourth-order valence-electron chi connectivity index (χ4n) is 3.46. The smallest absolute Gasteiger partial charge is 0.318 e. The maximum atomic E-state index is 12.9. The van der Waals surface area contributed by atoms with Crippen LogP contribution in [0.3, 0.4) is 0 Å². The Morgan fingerprint density at radius 1 is 1.06 bits per heavy atom. The molecule has 0 saturated heterocycles. The van der Waals surface area contributed by atoms with Crippen molar-refractivity contribution in [2.45, 2.75) is 32.5 Å². The summed E-state index contributed by atoms with van der Waals surface area (Å²) in [5.41, 5.74) is 0.0453. The van der Waals surface area contributed by atoms with Crippen LogP contribution in [0.2, 0.25) is 0 Å². The van der Waals surface area contributed by atoms with Gasteiger partial charge in [0.25, 0.3) is 0 Å². The summed E-state index contributed by atoms with van der Waals surface area (Å²) in [5.74, 6) is 0.371. The van der Waals surface area contributed by atoms with E-state index in [1.54, 1.807) is 55.2 Å². The van der Waals surface area contributed by atoms with Crippen molar-refractivity contribution in [3.8, 4) is 0 Å². The monoisotopic (exact) mass is 419 g/mol. The number of nitrogens with zero attached hydrogens (tertiary/aromatic N) is 4. The van der Waals surface area contributed by atoms with Gasteiger partial charge >= 0.3 is 11.1 Å². The lowest BCUT2D eigenvalue weighted by Crippen LogP contribution is -2.45. The first kappa shape index (κ1) is 20.3. The number of carbonyl (C=O) groups excluding carboxylic acids is 1. The zero-order valence-electron chi connectivity index (χ0n) is 16.9. The molecule has 0 saturated carbocycles. The van der Waals surface area contributed by atoms with Gasteiger partial charge in [-0.15, -0.1) is 0 Å². The quantitative estimate of drug-likeness (QED) is 0.453. The van der Waals surface area contributed by atoms with Crippen molar-refractivity contribution in [3.63, 3.8) is 0 Å². The van der Waals surface area contributed by atoms with Crippen LogP contribution in [0.5, 0.6) is 0 Å². The summed E-state index contributed by atoms with van der Waals surface area (Å²) >= 11 is 0. The number of aromatic nitrogens is 4. The van der Waals surface area contributed by atoms with Crippen LogP contribution in [0.25, 0.3) is 11.2 Å². The third-order valence-electron chi connectivity index (χ3n) is 4.87. The Kier molecular flexibility index (Phi) is 5.74. The highest BCUT2D eigenvalue weighted by Crippen LogP contribution is 2.10. The first-order valence-corrected chi connectivity index (χ1v) is 9.82. The standard InChI is InChI=1S/C22H21N5O4/c1-15(12-17-4-3-11-31-17)25-19(28)14-26-18-5-2-8-24-20(18)27(22(30)21(26)29)13-16-6-9-23-10-7-16/h2-11,15H,12-14H2,1H3,(H,25,28). The van der Waals surface area contributed by atoms with Crippen LogP contribution in [0, 0.1) is 0 Å². The largest absolute Gasteiger partial charge is 0.469 e. The second kappa shape index (κ2) is 8.78. The molecule has 1 amide bonds. The molecule has 0 aromatic carbocycles. The minimum atomic E-state index is -0.775. The second-order valence-corrected chi connectivity index (χ2v) is 7.24. The third-order valence-corrected chi connectivity index (χ3v) is 4.87. The summed E-state index contributed by atoms with van der Waals surface area (Å²) in [6.07, 6.45) is 6.87. The first-order valence-electron chi connectivity index (χ1n) is 9.82. The van der Waals surface area contributed by atoms with E-state index in [0.717, 1.165) is 11.3 Å². The van der Waals surface area contributed by atoms with E-state index in [0.29, 0.717) is 17.6 Å². The van der Waals surface area contributed by atoms with Crippen molar-refractivity contribution in [2.24, 2.45) is 0 Å². The van der Waals surface area contributed by atoms with Crippen LogP contribution >= 0.6 is 0 Å². The summed E-state index contributed by atoms with van der Waals surface area (Å²) < 4.78 is 7.79. The molecular weight excluding hydrogens is 398 g/mol. The number of hydrogen-bond donors (Lipinski definition) is 1. The number of amides is 1. The maximum Gasteiger partial charge on any atom is 0.318 e. The molecule has 0 radical (unpaired) electrons. The van der Waals surface area contributed by atoms with Crippen molar-refractivity contribution in [2.75, 3.05) is 0 Å². The molecule has 4 rings (SSSR count). The van der Waals surface area contributed by atoms with Gasteiger partial charge in [-0.1, -0.05) is 0 Å². The van der Waals surface area contributed by atoms with Gasteiger partial charge in [0.1, 0.15) is 12.3 Å². The Balaban J connectivity index is 1.63. The molecule has 4 aromatic heterocycles. The molecule has 9 nitrogen and oxygen atoms in total. The fourth-order valence-corrected chi connectivity index (χ4v) is 3.46. The molecule has 1 unspecified atom stereocenters. The average Bonchev–Trinajstić information content (AvgIpc) is 3.28. The van der Waals surface area contributed by atoms with E-state index >= 15 is 0 Å². The number of nitrogens with one attached hydrogen (secondary N) is 1. The third kappa shape index (κ3) is 4.45. The summed E-state index contributed by atoms with van der Waals surface area (Å²) in [5, 5.41) is 2.84. The summed E-state index contributed by atoms with van der Waals surface area (Å²) in [6.45, 7) is 1.74. The van der Waals surface area contributed by atoms with Gasteiger partial charge in [-0.3, -0.25) is 28.5 Å². The van der Waals surface area contributed by atoms with Crippen LogP contribution < -0.4 is 16.4 Å². The molecule has 0 aliphatic carbocycles. The molecule has 0 spiro atoms. The van der Waals surface area contributed by atoms with E-state index < -0.39 is 11.1 Å². The van der Waals surface area contributed by atoms with Crippen LogP contribution in [-0.4, -0.2) is 31.1 Å². The van der Waals surface area contributed by atoms with Crippen molar-refractivity contribution >= 4 is 17.1 Å². The van der Waals surface area contributed by atoms with Crippen LogP contribution in [0.15, 0.2) is 75.3 Å². The Labute approximate surface area is 177 Å². The van der Waals surface area contributed by atoms with Crippen LogP contribution in [0.1, 0.15) is 18.2 Å². The highest BCUT2D eigenvalue weighted by Gasteiger charge is 2.17. The van der Waals surface area contributed by atoms with Crippen LogP contribution in [-0.2, 0) is 24.3 Å². The molecule has 4 aromatic rings. The fraction of sp³-hybridized carbons (Fsp3) is 0.227. The number of fused-ring (bicyclic) bond motifs is 1. The number of rotatable bonds is 7. The van der Waals surface area contributed by atoms with Crippen molar-refractivity contribution < 1.29 is 9.21 Å². The molecule has 0 aliphatic heterocycles. The Morgan fingerprint density at radius 2 is 1.84 bits per heavy atom. The highest BCUT2D eigenvalue weighted by atomic mass is 16.3. The van der Waals surface area contributed by atoms with Gasteiger partial charge in [0.05, 0.1) is 18.3 Å². The average molecular weight is 419 g/mol. The normalized spacial score (nSPS) is 12.0. The van der Waals surface area contributed by atoms with Crippen molar-refractivity contribution in [1.82, 2.24) is 24.4 Å². The van der Waals surface area contributed by atoms with E-state index in [2.05, 4.69) is 15.3 Å². The number of pyridine rings is 2. The van der Waals surface area contributed by atoms with Crippen LogP contribution in [0.4, 0.5) is 0 Å². The van der Waals surface area contributed by atoms with Gasteiger partial charge < -0.3 is 9.73 Å². The van der Waals surface area contributed by atoms with Gasteiger partial charge in [0.15, 0.2) is 5.65 Å². The maximum absolute atomic E-state index is 12.9. The Bertz CT molecular complexity index is 1310. The van der Waals surface area contributed by atoms with Gasteiger partial charge in [-0.2, -0.15) is 0 Å². The second-order valence-electron chi connectivity index (χ2n) is 7.24. The van der Waals surface area contributed by atoms with Gasteiger partial charge in [0.2, 0.25) is 5.91 Å². The molecule has 4 heterocycles. The molecule has 9 heteroatoms. The molecule has 1 atom stereocenters. The SMILES string of the molecule is CC(Cc1ccco1)NC(=O)Cn1c(=O)c(=O)n(Cc2ccncc2)c2ncccc21. The van der Waals surface area contributed by atoms with E-state index in [4.69, 9.17) is 4.42 Å². The molecular formula is C22H21N5O4. The molecule has 1 N–H and O–H groups in total. The lowest BCUT2D eigenvalue weighted by molar-refractivity contribution is -0.122. The number of carbonyl (C=O) groups is 1. The van der Waals surface area contributed by atoms with E-state index in [-0.39, 0.29) is 25.0 Å². The minimum absolute atomic E-state index is 0.178. The van der Waals surface area contributed by atoms with E-state index in [1.165, 1.54) is 9.13 Å². The summed E-state index contributed by atoms with van der Waals surface area (Å²) in [6, 6.07) is 10.3. The van der Waals surface area contributed by atoms with Crippen molar-refractivity contribution in [3.05, 3.63) is 93.3 Å². The highest BCUT2D eigenvalue weighted by molar-refractivity contribution is 5.79. The van der Waals surface area contributed by atoms with Gasteiger partial charge in [-0.25, -0.2) is 4.98 Å². The Morgan fingerprint density at radius 3 is 2.58 bits per heavy atom. The lowest BCUT2D eigenvalue weighted by atomic mass is 10.2. The molecule has 0 aliphatic rings. The van der Waals surface area contributed by atoms with Gasteiger partial charge in [-0.05, 0) is 48.9 Å². The first-order chi connectivity index (χ1) is 15.0.